The molecule has 1 N–H and O–H groups in total. The quantitative estimate of drug-likeness (QED) is 0.312. The number of methoxy groups -OCH3 is 1. The van der Waals surface area contributed by atoms with Gasteiger partial charge in [-0.15, -0.1) is 0 Å². The summed E-state index contributed by atoms with van der Waals surface area (Å²) in [6.07, 6.45) is 0. The van der Waals surface area contributed by atoms with Crippen LogP contribution < -0.4 is 4.74 Å². The standard InChI is InChI=1S/C29H37NO5/c1-18(2)17-35-23-13-10-21(16-19(23)3)26(31)24-25(30(14-15-34-7)28(33)27(24)32)20-8-11-22(12-9-20)29(4,5)6/h8-13,16,18,25,31H,14-15,17H2,1-7H3/b26-24+/t25-/m1/s1. The van der Waals surface area contributed by atoms with E-state index in [1.165, 1.54) is 4.90 Å². The molecule has 0 bridgehead atoms. The van der Waals surface area contributed by atoms with Crippen molar-refractivity contribution in [2.45, 2.75) is 53.0 Å². The van der Waals surface area contributed by atoms with Gasteiger partial charge in [0, 0.05) is 19.2 Å². The fourth-order valence-electron chi connectivity index (χ4n) is 4.18. The lowest BCUT2D eigenvalue weighted by molar-refractivity contribution is -0.140. The van der Waals surface area contributed by atoms with Crippen LogP contribution in [-0.2, 0) is 19.7 Å². The number of nitrogens with zero attached hydrogens (tertiary/aromatic N) is 1. The number of likely N-dealkylation sites (tertiary alicyclic amines) is 1. The van der Waals surface area contributed by atoms with Crippen molar-refractivity contribution >= 4 is 17.4 Å². The number of carbonyl (C=O) groups is 2. The van der Waals surface area contributed by atoms with Crippen LogP contribution in [-0.4, -0.2) is 48.6 Å². The summed E-state index contributed by atoms with van der Waals surface area (Å²) in [7, 11) is 1.55. The van der Waals surface area contributed by atoms with Crippen molar-refractivity contribution in [1.29, 1.82) is 0 Å². The summed E-state index contributed by atoms with van der Waals surface area (Å²) in [5, 5.41) is 11.3. The molecule has 1 aliphatic heterocycles. The maximum atomic E-state index is 13.2. The molecule has 1 heterocycles. The Kier molecular flexibility index (Phi) is 8.06. The highest BCUT2D eigenvalue weighted by Gasteiger charge is 2.46. The van der Waals surface area contributed by atoms with Gasteiger partial charge < -0.3 is 19.5 Å². The Balaban J connectivity index is 2.08. The Morgan fingerprint density at radius 2 is 1.74 bits per heavy atom. The first-order valence-corrected chi connectivity index (χ1v) is 12.1. The van der Waals surface area contributed by atoms with Gasteiger partial charge in [0.05, 0.1) is 24.8 Å². The number of ketones is 1. The minimum absolute atomic E-state index is 0.0344. The van der Waals surface area contributed by atoms with Crippen LogP contribution in [0, 0.1) is 12.8 Å². The molecule has 188 valence electrons. The van der Waals surface area contributed by atoms with Crippen molar-refractivity contribution in [3.63, 3.8) is 0 Å². The molecule has 0 aromatic heterocycles. The topological polar surface area (TPSA) is 76.1 Å². The lowest BCUT2D eigenvalue weighted by Gasteiger charge is -2.26. The first-order chi connectivity index (χ1) is 16.5. The minimum atomic E-state index is -0.698. The van der Waals surface area contributed by atoms with Crippen LogP contribution in [0.4, 0.5) is 0 Å². The molecule has 1 aliphatic rings. The van der Waals surface area contributed by atoms with Gasteiger partial charge >= 0.3 is 0 Å². The monoisotopic (exact) mass is 479 g/mol. The number of amides is 1. The van der Waals surface area contributed by atoms with Crippen LogP contribution in [0.2, 0.25) is 0 Å². The van der Waals surface area contributed by atoms with Gasteiger partial charge in [-0.1, -0.05) is 58.9 Å². The molecular formula is C29H37NO5. The first-order valence-electron chi connectivity index (χ1n) is 12.1. The molecule has 0 saturated carbocycles. The smallest absolute Gasteiger partial charge is 0.295 e. The van der Waals surface area contributed by atoms with Crippen molar-refractivity contribution in [2.75, 3.05) is 26.9 Å². The average Bonchev–Trinajstić information content (AvgIpc) is 3.05. The fraction of sp³-hybridized carbons (Fsp3) is 0.448. The van der Waals surface area contributed by atoms with Gasteiger partial charge in [-0.3, -0.25) is 9.59 Å². The van der Waals surface area contributed by atoms with Crippen molar-refractivity contribution in [3.8, 4) is 5.75 Å². The molecule has 6 nitrogen and oxygen atoms in total. The number of hydrogen-bond donors (Lipinski definition) is 1. The summed E-state index contributed by atoms with van der Waals surface area (Å²) in [5.41, 5.74) is 3.28. The van der Waals surface area contributed by atoms with Crippen LogP contribution in [0.15, 0.2) is 48.0 Å². The van der Waals surface area contributed by atoms with E-state index in [0.717, 1.165) is 22.4 Å². The van der Waals surface area contributed by atoms with Crippen molar-refractivity contribution in [1.82, 2.24) is 4.90 Å². The van der Waals surface area contributed by atoms with Gasteiger partial charge in [0.25, 0.3) is 11.7 Å². The van der Waals surface area contributed by atoms with Crippen LogP contribution in [0.1, 0.15) is 62.9 Å². The SMILES string of the molecule is COCCN1C(=O)C(=O)/C(=C(/O)c2ccc(OCC(C)C)c(C)c2)[C@H]1c1ccc(C(C)(C)C)cc1. The Labute approximate surface area is 208 Å². The minimum Gasteiger partial charge on any atom is -0.507 e. The zero-order valence-electron chi connectivity index (χ0n) is 21.8. The van der Waals surface area contributed by atoms with E-state index < -0.39 is 17.7 Å². The number of aliphatic hydroxyl groups is 1. The second-order valence-electron chi connectivity index (χ2n) is 10.5. The fourth-order valence-corrected chi connectivity index (χ4v) is 4.18. The summed E-state index contributed by atoms with van der Waals surface area (Å²) in [4.78, 5) is 27.6. The van der Waals surface area contributed by atoms with Gasteiger partial charge in [0.15, 0.2) is 0 Å². The van der Waals surface area contributed by atoms with E-state index in [1.807, 2.05) is 31.2 Å². The number of hydrogen-bond acceptors (Lipinski definition) is 5. The van der Waals surface area contributed by atoms with Crippen molar-refractivity contribution in [2.24, 2.45) is 5.92 Å². The summed E-state index contributed by atoms with van der Waals surface area (Å²) in [5.74, 6) is -0.407. The third kappa shape index (κ3) is 5.76. The van der Waals surface area contributed by atoms with E-state index in [-0.39, 0.29) is 29.9 Å². The number of benzene rings is 2. The highest BCUT2D eigenvalue weighted by atomic mass is 16.5. The number of Topliss-reactive ketones (excluding diaryl/α,β-unsaturated/α-hetero) is 1. The van der Waals surface area contributed by atoms with Crippen LogP contribution >= 0.6 is 0 Å². The summed E-state index contributed by atoms with van der Waals surface area (Å²) < 4.78 is 11.0. The molecule has 0 spiro atoms. The van der Waals surface area contributed by atoms with Gasteiger partial charge in [-0.25, -0.2) is 0 Å². The molecule has 1 atom stereocenters. The number of aryl methyl sites for hydroxylation is 1. The summed E-state index contributed by atoms with van der Waals surface area (Å²) >= 11 is 0. The second-order valence-corrected chi connectivity index (χ2v) is 10.5. The maximum absolute atomic E-state index is 13.2. The lowest BCUT2D eigenvalue weighted by atomic mass is 9.85. The predicted molar refractivity (Wildman–Crippen MR) is 138 cm³/mol. The Morgan fingerprint density at radius 1 is 1.09 bits per heavy atom. The van der Waals surface area contributed by atoms with E-state index in [4.69, 9.17) is 9.47 Å². The molecule has 0 unspecified atom stereocenters. The van der Waals surface area contributed by atoms with Gasteiger partial charge in [0.1, 0.15) is 11.5 Å². The molecular weight excluding hydrogens is 442 g/mol. The first kappa shape index (κ1) is 26.5. The number of ether oxygens (including phenoxy) is 2. The molecule has 1 amide bonds. The lowest BCUT2D eigenvalue weighted by Crippen LogP contribution is -2.32. The average molecular weight is 480 g/mol. The second kappa shape index (κ2) is 10.6. The third-order valence-electron chi connectivity index (χ3n) is 6.19. The Hall–Kier alpha value is -3.12. The number of carbonyl (C=O) groups excluding carboxylic acids is 2. The van der Waals surface area contributed by atoms with E-state index in [1.54, 1.807) is 25.3 Å². The molecule has 1 saturated heterocycles. The maximum Gasteiger partial charge on any atom is 0.295 e. The number of aliphatic hydroxyl groups excluding tert-OH is 1. The molecule has 0 aliphatic carbocycles. The summed E-state index contributed by atoms with van der Waals surface area (Å²) in [6, 6.07) is 12.5. The van der Waals surface area contributed by atoms with Crippen molar-refractivity contribution in [3.05, 3.63) is 70.3 Å². The predicted octanol–water partition coefficient (Wildman–Crippen LogP) is 5.40. The molecule has 2 aromatic carbocycles. The van der Waals surface area contributed by atoms with E-state index in [0.29, 0.717) is 18.1 Å². The molecule has 35 heavy (non-hydrogen) atoms. The molecule has 2 aromatic rings. The Morgan fingerprint density at radius 3 is 2.29 bits per heavy atom. The largest absolute Gasteiger partial charge is 0.507 e. The van der Waals surface area contributed by atoms with E-state index in [2.05, 4.69) is 34.6 Å². The molecule has 1 fully saturated rings. The van der Waals surface area contributed by atoms with Gasteiger partial charge in [-0.2, -0.15) is 0 Å². The van der Waals surface area contributed by atoms with Crippen molar-refractivity contribution < 1.29 is 24.2 Å². The summed E-state index contributed by atoms with van der Waals surface area (Å²) in [6.45, 7) is 13.5. The molecule has 6 heteroatoms. The normalized spacial score (nSPS) is 17.9. The van der Waals surface area contributed by atoms with Crippen LogP contribution in [0.25, 0.3) is 5.76 Å². The highest BCUT2D eigenvalue weighted by Crippen LogP contribution is 2.40. The Bertz CT molecular complexity index is 1110. The zero-order valence-corrected chi connectivity index (χ0v) is 21.8. The zero-order chi connectivity index (χ0) is 25.9. The molecule has 3 rings (SSSR count). The number of rotatable bonds is 8. The highest BCUT2D eigenvalue weighted by molar-refractivity contribution is 6.46. The van der Waals surface area contributed by atoms with E-state index in [9.17, 15) is 14.7 Å². The van der Waals surface area contributed by atoms with E-state index >= 15 is 0 Å². The third-order valence-corrected chi connectivity index (χ3v) is 6.19. The van der Waals surface area contributed by atoms with Gasteiger partial charge in [-0.05, 0) is 53.1 Å². The van der Waals surface area contributed by atoms with Crippen LogP contribution in [0.3, 0.4) is 0 Å². The molecule has 0 radical (unpaired) electrons. The van der Waals surface area contributed by atoms with Crippen LogP contribution in [0.5, 0.6) is 5.75 Å². The van der Waals surface area contributed by atoms with Gasteiger partial charge in [0.2, 0.25) is 0 Å².